The average Bonchev–Trinajstić information content (AvgIpc) is 3.07. The average molecular weight is 292 g/mol. The Morgan fingerprint density at radius 3 is 2.81 bits per heavy atom. The second-order valence-electron chi connectivity index (χ2n) is 6.23. The smallest absolute Gasteiger partial charge is 0.252 e. The van der Waals surface area contributed by atoms with Crippen LogP contribution in [0.3, 0.4) is 0 Å². The van der Waals surface area contributed by atoms with Crippen LogP contribution in [0.2, 0.25) is 0 Å². The Morgan fingerprint density at radius 1 is 1.38 bits per heavy atom. The lowest BCUT2D eigenvalue weighted by atomic mass is 10.0. The number of rotatable bonds is 2. The third-order valence-electron chi connectivity index (χ3n) is 4.75. The van der Waals surface area contributed by atoms with E-state index in [1.165, 1.54) is 0 Å². The number of piperazine rings is 1. The van der Waals surface area contributed by atoms with Crippen molar-refractivity contribution in [3.63, 3.8) is 0 Å². The summed E-state index contributed by atoms with van der Waals surface area (Å²) in [5, 5.41) is 0. The lowest BCUT2D eigenvalue weighted by molar-refractivity contribution is -0.145. The fourth-order valence-electron chi connectivity index (χ4n) is 3.24. The highest BCUT2D eigenvalue weighted by atomic mass is 16.5. The molecule has 0 N–H and O–H groups in total. The van der Waals surface area contributed by atoms with E-state index in [9.17, 15) is 4.79 Å². The van der Waals surface area contributed by atoms with Crippen molar-refractivity contribution < 1.29 is 9.53 Å². The number of carbonyl (C=O) groups excluding carboxylic acids is 1. The molecule has 1 aromatic rings. The molecule has 0 unspecified atom stereocenters. The molecule has 2 fully saturated rings. The summed E-state index contributed by atoms with van der Waals surface area (Å²) < 4.78 is 7.66. The van der Waals surface area contributed by atoms with E-state index in [2.05, 4.69) is 23.9 Å². The van der Waals surface area contributed by atoms with Gasteiger partial charge in [0, 0.05) is 45.7 Å². The lowest BCUT2D eigenvalue weighted by Crippen LogP contribution is -2.52. The Morgan fingerprint density at radius 2 is 2.19 bits per heavy atom. The van der Waals surface area contributed by atoms with Gasteiger partial charge >= 0.3 is 0 Å². The molecule has 0 aromatic carbocycles. The third kappa shape index (κ3) is 2.70. The fraction of sp³-hybridized carbons (Fsp3) is 0.733. The molecule has 3 rings (SSSR count). The molecule has 2 aliphatic heterocycles. The van der Waals surface area contributed by atoms with E-state index in [1.54, 1.807) is 0 Å². The minimum Gasteiger partial charge on any atom is -0.368 e. The van der Waals surface area contributed by atoms with E-state index in [-0.39, 0.29) is 18.1 Å². The number of imidazole rings is 1. The number of hydrogen-bond acceptors (Lipinski definition) is 4. The summed E-state index contributed by atoms with van der Waals surface area (Å²) >= 11 is 0. The first kappa shape index (κ1) is 14.5. The van der Waals surface area contributed by atoms with Gasteiger partial charge in [-0.05, 0) is 19.4 Å². The first-order valence-corrected chi connectivity index (χ1v) is 7.65. The first-order chi connectivity index (χ1) is 10.1. The van der Waals surface area contributed by atoms with Gasteiger partial charge in [-0.2, -0.15) is 0 Å². The van der Waals surface area contributed by atoms with Crippen LogP contribution in [0, 0.1) is 5.92 Å². The normalized spacial score (nSPS) is 30.8. The molecule has 2 saturated heterocycles. The van der Waals surface area contributed by atoms with Crippen molar-refractivity contribution in [1.29, 1.82) is 0 Å². The SMILES string of the molecule is C[C@@H]1CCO[C@H]1C(=O)N1CCN(C)[C@H](c2nccn2C)C1. The van der Waals surface area contributed by atoms with Gasteiger partial charge in [0.2, 0.25) is 0 Å². The van der Waals surface area contributed by atoms with Crippen LogP contribution in [0.15, 0.2) is 12.4 Å². The van der Waals surface area contributed by atoms with Crippen LogP contribution in [0.5, 0.6) is 0 Å². The van der Waals surface area contributed by atoms with E-state index >= 15 is 0 Å². The summed E-state index contributed by atoms with van der Waals surface area (Å²) in [4.78, 5) is 21.3. The van der Waals surface area contributed by atoms with Crippen LogP contribution in [0.25, 0.3) is 0 Å². The highest BCUT2D eigenvalue weighted by Crippen LogP contribution is 2.26. The van der Waals surface area contributed by atoms with Crippen molar-refractivity contribution in [2.45, 2.75) is 25.5 Å². The monoisotopic (exact) mass is 292 g/mol. The number of aromatic nitrogens is 2. The van der Waals surface area contributed by atoms with Gasteiger partial charge in [0.1, 0.15) is 11.9 Å². The lowest BCUT2D eigenvalue weighted by Gasteiger charge is -2.40. The molecular weight excluding hydrogens is 268 g/mol. The molecule has 1 aromatic heterocycles. The molecule has 0 spiro atoms. The van der Waals surface area contributed by atoms with E-state index in [4.69, 9.17) is 4.74 Å². The van der Waals surface area contributed by atoms with E-state index in [0.717, 1.165) is 25.3 Å². The molecule has 2 aliphatic rings. The molecule has 6 heteroatoms. The Kier molecular flexibility index (Phi) is 3.99. The van der Waals surface area contributed by atoms with Gasteiger partial charge in [0.25, 0.3) is 5.91 Å². The van der Waals surface area contributed by atoms with Gasteiger partial charge < -0.3 is 14.2 Å². The Balaban J connectivity index is 1.74. The third-order valence-corrected chi connectivity index (χ3v) is 4.75. The van der Waals surface area contributed by atoms with E-state index < -0.39 is 0 Å². The maximum atomic E-state index is 12.7. The number of amides is 1. The number of hydrogen-bond donors (Lipinski definition) is 0. The highest BCUT2D eigenvalue weighted by molar-refractivity contribution is 5.81. The summed E-state index contributed by atoms with van der Waals surface area (Å²) in [5.41, 5.74) is 0. The molecule has 6 nitrogen and oxygen atoms in total. The van der Waals surface area contributed by atoms with E-state index in [0.29, 0.717) is 19.1 Å². The predicted octanol–water partition coefficient (Wildman–Crippen LogP) is 0.660. The van der Waals surface area contributed by atoms with Crippen LogP contribution < -0.4 is 0 Å². The van der Waals surface area contributed by atoms with Gasteiger partial charge in [0.15, 0.2) is 0 Å². The van der Waals surface area contributed by atoms with Gasteiger partial charge in [-0.15, -0.1) is 0 Å². The zero-order valence-electron chi connectivity index (χ0n) is 13.0. The van der Waals surface area contributed by atoms with Gasteiger partial charge in [-0.25, -0.2) is 4.98 Å². The maximum Gasteiger partial charge on any atom is 0.252 e. The first-order valence-electron chi connectivity index (χ1n) is 7.65. The largest absolute Gasteiger partial charge is 0.368 e. The predicted molar refractivity (Wildman–Crippen MR) is 78.7 cm³/mol. The number of carbonyl (C=O) groups is 1. The van der Waals surface area contributed by atoms with Gasteiger partial charge in [-0.1, -0.05) is 6.92 Å². The quantitative estimate of drug-likeness (QED) is 0.803. The van der Waals surface area contributed by atoms with Crippen molar-refractivity contribution in [2.75, 3.05) is 33.3 Å². The minimum absolute atomic E-state index is 0.146. The summed E-state index contributed by atoms with van der Waals surface area (Å²) in [6.45, 7) is 5.12. The van der Waals surface area contributed by atoms with Crippen LogP contribution in [-0.2, 0) is 16.6 Å². The molecule has 0 radical (unpaired) electrons. The van der Waals surface area contributed by atoms with Crippen LogP contribution in [0.1, 0.15) is 25.2 Å². The topological polar surface area (TPSA) is 50.6 Å². The number of likely N-dealkylation sites (N-methyl/N-ethyl adjacent to an activating group) is 1. The standard InChI is InChI=1S/C15H24N4O2/c1-11-4-9-21-13(11)15(20)19-8-7-17(2)12(10-19)14-16-5-6-18(14)3/h5-6,11-13H,4,7-10H2,1-3H3/t11-,12+,13-/m1/s1. The molecule has 0 aliphatic carbocycles. The number of ether oxygens (including phenoxy) is 1. The molecule has 1 amide bonds. The summed E-state index contributed by atoms with van der Waals surface area (Å²) in [7, 11) is 4.09. The second kappa shape index (κ2) is 5.77. The minimum atomic E-state index is -0.254. The van der Waals surface area contributed by atoms with Crippen molar-refractivity contribution in [2.24, 2.45) is 13.0 Å². The maximum absolute atomic E-state index is 12.7. The van der Waals surface area contributed by atoms with Crippen LogP contribution in [0.4, 0.5) is 0 Å². The molecule has 116 valence electrons. The molecule has 3 atom stereocenters. The molecule has 21 heavy (non-hydrogen) atoms. The summed E-state index contributed by atoms with van der Waals surface area (Å²) in [6.07, 6.45) is 4.49. The van der Waals surface area contributed by atoms with Gasteiger partial charge in [-0.3, -0.25) is 9.69 Å². The van der Waals surface area contributed by atoms with Crippen molar-refractivity contribution >= 4 is 5.91 Å². The molecule has 3 heterocycles. The van der Waals surface area contributed by atoms with Gasteiger partial charge in [0.05, 0.1) is 6.04 Å². The summed E-state index contributed by atoms with van der Waals surface area (Å²) in [5.74, 6) is 1.48. The Labute approximate surface area is 125 Å². The Hall–Kier alpha value is -1.40. The summed E-state index contributed by atoms with van der Waals surface area (Å²) in [6, 6.07) is 0.152. The molecule has 0 bridgehead atoms. The fourth-order valence-corrected chi connectivity index (χ4v) is 3.24. The zero-order valence-corrected chi connectivity index (χ0v) is 13.0. The molecule has 0 saturated carbocycles. The highest BCUT2D eigenvalue weighted by Gasteiger charge is 2.37. The van der Waals surface area contributed by atoms with Crippen LogP contribution in [-0.4, -0.2) is 64.7 Å². The molecular formula is C15H24N4O2. The second-order valence-corrected chi connectivity index (χ2v) is 6.23. The van der Waals surface area contributed by atoms with Crippen molar-refractivity contribution in [1.82, 2.24) is 19.4 Å². The van der Waals surface area contributed by atoms with Crippen molar-refractivity contribution in [3.05, 3.63) is 18.2 Å². The zero-order chi connectivity index (χ0) is 15.0. The number of nitrogens with zero attached hydrogens (tertiary/aromatic N) is 4. The van der Waals surface area contributed by atoms with Crippen LogP contribution >= 0.6 is 0 Å². The van der Waals surface area contributed by atoms with Crippen molar-refractivity contribution in [3.8, 4) is 0 Å². The Bertz CT molecular complexity index is 516. The number of aryl methyl sites for hydroxylation is 1. The van der Waals surface area contributed by atoms with E-state index in [1.807, 2.05) is 28.9 Å².